The predicted octanol–water partition coefficient (Wildman–Crippen LogP) is 3.07. The van der Waals surface area contributed by atoms with Crippen molar-refractivity contribution in [3.63, 3.8) is 0 Å². The summed E-state index contributed by atoms with van der Waals surface area (Å²) in [4.78, 5) is 4.04. The van der Waals surface area contributed by atoms with Gasteiger partial charge in [-0.25, -0.2) is 4.68 Å². The smallest absolute Gasteiger partial charge is 0.160 e. The van der Waals surface area contributed by atoms with Crippen LogP contribution in [0.4, 0.5) is 0 Å². The van der Waals surface area contributed by atoms with Gasteiger partial charge in [0.1, 0.15) is 0 Å². The Morgan fingerprint density at radius 2 is 1.88 bits per heavy atom. The van der Waals surface area contributed by atoms with Gasteiger partial charge < -0.3 is 0 Å². The summed E-state index contributed by atoms with van der Waals surface area (Å²) in [6.45, 7) is 0. The van der Waals surface area contributed by atoms with E-state index in [-0.39, 0.29) is 0 Å². The molecule has 78 valence electrons. The molecule has 2 heterocycles. The summed E-state index contributed by atoms with van der Waals surface area (Å²) in [5, 5.41) is 5.65. The third-order valence-corrected chi connectivity index (χ3v) is 2.72. The molecule has 2 aromatic heterocycles. The predicted molar refractivity (Wildman–Crippen MR) is 63.9 cm³/mol. The lowest BCUT2D eigenvalue weighted by molar-refractivity contribution is 0.911. The van der Waals surface area contributed by atoms with Crippen molar-refractivity contribution in [2.24, 2.45) is 0 Å². The molecule has 16 heavy (non-hydrogen) atoms. The molecular formula is C12H8ClN3. The van der Waals surface area contributed by atoms with Crippen LogP contribution in [-0.4, -0.2) is 14.8 Å². The Labute approximate surface area is 97.3 Å². The molecule has 0 fully saturated rings. The molecule has 3 nitrogen and oxygen atoms in total. The highest BCUT2D eigenvalue weighted by Gasteiger charge is 2.09. The Morgan fingerprint density at radius 1 is 1.06 bits per heavy atom. The first-order valence-electron chi connectivity index (χ1n) is 4.90. The van der Waals surface area contributed by atoms with Gasteiger partial charge in [-0.3, -0.25) is 4.98 Å². The number of aromatic nitrogens is 3. The summed E-state index contributed by atoms with van der Waals surface area (Å²) < 4.78 is 1.82. The van der Waals surface area contributed by atoms with Crippen LogP contribution in [0.25, 0.3) is 16.6 Å². The fraction of sp³-hybridized carbons (Fsp3) is 0. The van der Waals surface area contributed by atoms with Crippen LogP contribution in [0.2, 0.25) is 5.15 Å². The lowest BCUT2D eigenvalue weighted by Gasteiger charge is -2.01. The summed E-state index contributed by atoms with van der Waals surface area (Å²) in [7, 11) is 0. The molecule has 0 atom stereocenters. The van der Waals surface area contributed by atoms with Gasteiger partial charge in [-0.05, 0) is 18.2 Å². The van der Waals surface area contributed by atoms with Gasteiger partial charge in [0.15, 0.2) is 5.15 Å². The summed E-state index contributed by atoms with van der Waals surface area (Å²) in [5.41, 5.74) is 1.96. The number of hydrogen-bond acceptors (Lipinski definition) is 2. The van der Waals surface area contributed by atoms with E-state index in [9.17, 15) is 0 Å². The lowest BCUT2D eigenvalue weighted by atomic mass is 10.3. The summed E-state index contributed by atoms with van der Waals surface area (Å²) in [6, 6.07) is 11.8. The second-order valence-electron chi connectivity index (χ2n) is 3.43. The highest BCUT2D eigenvalue weighted by atomic mass is 35.5. The van der Waals surface area contributed by atoms with Crippen molar-refractivity contribution in [3.05, 3.63) is 53.9 Å². The zero-order valence-corrected chi connectivity index (χ0v) is 9.09. The Bertz CT molecular complexity index is 631. The van der Waals surface area contributed by atoms with E-state index in [1.807, 2.05) is 41.1 Å². The zero-order valence-electron chi connectivity index (χ0n) is 8.34. The molecule has 0 radical (unpaired) electrons. The molecule has 3 rings (SSSR count). The van der Waals surface area contributed by atoms with E-state index in [4.69, 9.17) is 11.6 Å². The molecule has 0 aliphatic rings. The first kappa shape index (κ1) is 9.36. The van der Waals surface area contributed by atoms with Gasteiger partial charge in [0.05, 0.1) is 16.6 Å². The number of hydrogen-bond donors (Lipinski definition) is 0. The molecule has 0 N–H and O–H groups in total. The fourth-order valence-electron chi connectivity index (χ4n) is 1.69. The molecule has 1 aromatic carbocycles. The molecule has 4 heteroatoms. The van der Waals surface area contributed by atoms with Crippen LogP contribution in [0.15, 0.2) is 48.8 Å². The number of rotatable bonds is 1. The van der Waals surface area contributed by atoms with Gasteiger partial charge in [0.25, 0.3) is 0 Å². The standard InChI is InChI=1S/C12H8ClN3/c13-12-10-8-14-7-6-11(10)16(15-12)9-4-2-1-3-5-9/h1-8H. The Kier molecular flexibility index (Phi) is 2.11. The molecule has 0 aliphatic heterocycles. The molecule has 0 saturated carbocycles. The first-order valence-corrected chi connectivity index (χ1v) is 5.28. The van der Waals surface area contributed by atoms with Crippen molar-refractivity contribution in [1.82, 2.24) is 14.8 Å². The topological polar surface area (TPSA) is 30.7 Å². The molecule has 0 spiro atoms. The number of para-hydroxylation sites is 1. The van der Waals surface area contributed by atoms with Gasteiger partial charge >= 0.3 is 0 Å². The van der Waals surface area contributed by atoms with Crippen LogP contribution in [0, 0.1) is 0 Å². The Morgan fingerprint density at radius 3 is 2.69 bits per heavy atom. The van der Waals surface area contributed by atoms with Crippen molar-refractivity contribution < 1.29 is 0 Å². The average Bonchev–Trinajstić information content (AvgIpc) is 2.69. The quantitative estimate of drug-likeness (QED) is 0.642. The minimum Gasteiger partial charge on any atom is -0.264 e. The average molecular weight is 230 g/mol. The van der Waals surface area contributed by atoms with Gasteiger partial charge in [-0.15, -0.1) is 0 Å². The monoisotopic (exact) mass is 229 g/mol. The van der Waals surface area contributed by atoms with E-state index < -0.39 is 0 Å². The van der Waals surface area contributed by atoms with Gasteiger partial charge in [-0.1, -0.05) is 29.8 Å². The molecular weight excluding hydrogens is 222 g/mol. The number of nitrogens with zero attached hydrogens (tertiary/aromatic N) is 3. The molecule has 0 amide bonds. The number of fused-ring (bicyclic) bond motifs is 1. The van der Waals surface area contributed by atoms with Gasteiger partial charge in [-0.2, -0.15) is 5.10 Å². The first-order chi connectivity index (χ1) is 7.86. The molecule has 0 aliphatic carbocycles. The number of pyridine rings is 1. The maximum absolute atomic E-state index is 6.06. The van der Waals surface area contributed by atoms with Crippen molar-refractivity contribution in [1.29, 1.82) is 0 Å². The summed E-state index contributed by atoms with van der Waals surface area (Å²) in [6.07, 6.45) is 3.46. The second kappa shape index (κ2) is 3.61. The minimum atomic E-state index is 0.479. The second-order valence-corrected chi connectivity index (χ2v) is 3.79. The Balaban J connectivity index is 2.33. The molecule has 0 unspecified atom stereocenters. The maximum atomic E-state index is 6.06. The van der Waals surface area contributed by atoms with Crippen molar-refractivity contribution in [2.45, 2.75) is 0 Å². The molecule has 0 saturated heterocycles. The SMILES string of the molecule is Clc1nn(-c2ccccc2)c2ccncc12. The third kappa shape index (κ3) is 1.37. The van der Waals surface area contributed by atoms with Gasteiger partial charge in [0, 0.05) is 12.4 Å². The van der Waals surface area contributed by atoms with Crippen LogP contribution >= 0.6 is 11.6 Å². The summed E-state index contributed by atoms with van der Waals surface area (Å²) >= 11 is 6.06. The van der Waals surface area contributed by atoms with E-state index >= 15 is 0 Å². The number of benzene rings is 1. The van der Waals surface area contributed by atoms with E-state index in [0.29, 0.717) is 5.15 Å². The van der Waals surface area contributed by atoms with Crippen molar-refractivity contribution in [3.8, 4) is 5.69 Å². The van der Waals surface area contributed by atoms with E-state index in [2.05, 4.69) is 10.1 Å². The normalized spacial score (nSPS) is 10.8. The van der Waals surface area contributed by atoms with Gasteiger partial charge in [0.2, 0.25) is 0 Å². The Hall–Kier alpha value is -1.87. The lowest BCUT2D eigenvalue weighted by Crippen LogP contribution is -1.95. The maximum Gasteiger partial charge on any atom is 0.160 e. The fourth-order valence-corrected chi connectivity index (χ4v) is 1.91. The zero-order chi connectivity index (χ0) is 11.0. The molecule has 0 bridgehead atoms. The highest BCUT2D eigenvalue weighted by Crippen LogP contribution is 2.24. The third-order valence-electron chi connectivity index (χ3n) is 2.44. The van der Waals surface area contributed by atoms with Crippen LogP contribution in [-0.2, 0) is 0 Å². The minimum absolute atomic E-state index is 0.479. The van der Waals surface area contributed by atoms with Crippen molar-refractivity contribution >= 4 is 22.5 Å². The molecule has 3 aromatic rings. The largest absolute Gasteiger partial charge is 0.264 e. The van der Waals surface area contributed by atoms with E-state index in [1.54, 1.807) is 12.4 Å². The van der Waals surface area contributed by atoms with E-state index in [1.165, 1.54) is 0 Å². The highest BCUT2D eigenvalue weighted by molar-refractivity contribution is 6.34. The van der Waals surface area contributed by atoms with E-state index in [0.717, 1.165) is 16.6 Å². The van der Waals surface area contributed by atoms with Crippen LogP contribution in [0.5, 0.6) is 0 Å². The summed E-state index contributed by atoms with van der Waals surface area (Å²) in [5.74, 6) is 0. The van der Waals surface area contributed by atoms with Crippen LogP contribution < -0.4 is 0 Å². The van der Waals surface area contributed by atoms with Crippen LogP contribution in [0.3, 0.4) is 0 Å². The van der Waals surface area contributed by atoms with Crippen molar-refractivity contribution in [2.75, 3.05) is 0 Å². The number of halogens is 1. The van der Waals surface area contributed by atoms with Crippen LogP contribution in [0.1, 0.15) is 0 Å².